The van der Waals surface area contributed by atoms with Gasteiger partial charge in [-0.1, -0.05) is 60.1 Å². The second-order valence-electron chi connectivity index (χ2n) is 7.06. The minimum Gasteiger partial charge on any atom is -0.444 e. The van der Waals surface area contributed by atoms with E-state index in [0.29, 0.717) is 16.3 Å². The van der Waals surface area contributed by atoms with Gasteiger partial charge in [-0.2, -0.15) is 0 Å². The van der Waals surface area contributed by atoms with Crippen molar-refractivity contribution in [2.24, 2.45) is 5.73 Å². The lowest BCUT2D eigenvalue weighted by Gasteiger charge is -2.18. The zero-order chi connectivity index (χ0) is 23.1. The molecule has 0 heterocycles. The van der Waals surface area contributed by atoms with Crippen LogP contribution >= 0.6 is 11.6 Å². The van der Waals surface area contributed by atoms with Crippen molar-refractivity contribution in [3.63, 3.8) is 0 Å². The van der Waals surface area contributed by atoms with Gasteiger partial charge < -0.3 is 21.1 Å². The molecule has 1 unspecified atom stereocenters. The van der Waals surface area contributed by atoms with E-state index in [9.17, 15) is 14.4 Å². The monoisotopic (exact) mass is 451 g/mol. The Morgan fingerprint density at radius 1 is 1.00 bits per heavy atom. The Morgan fingerprint density at radius 3 is 2.31 bits per heavy atom. The van der Waals surface area contributed by atoms with Crippen molar-refractivity contribution in [3.05, 3.63) is 100 Å². The zero-order valence-corrected chi connectivity index (χ0v) is 18.1. The number of primary amides is 1. The molecule has 0 aromatic heterocycles. The largest absolute Gasteiger partial charge is 0.444 e. The summed E-state index contributed by atoms with van der Waals surface area (Å²) in [5.74, 6) is -1.17. The molecule has 3 aromatic carbocycles. The van der Waals surface area contributed by atoms with Crippen LogP contribution in [-0.2, 0) is 16.1 Å². The van der Waals surface area contributed by atoms with Crippen molar-refractivity contribution < 1.29 is 19.1 Å². The number of hydrogen-bond acceptors (Lipinski definition) is 4. The number of hydrogen-bond donors (Lipinski definition) is 3. The lowest BCUT2D eigenvalue weighted by atomic mass is 10.1. The Labute approximate surface area is 190 Å². The van der Waals surface area contributed by atoms with Crippen LogP contribution in [0.5, 0.6) is 0 Å². The van der Waals surface area contributed by atoms with E-state index in [-0.39, 0.29) is 12.1 Å². The maximum Gasteiger partial charge on any atom is 0.339 e. The molecule has 3 amide bonds. The molecule has 0 radical (unpaired) electrons. The third kappa shape index (κ3) is 6.09. The first-order valence-corrected chi connectivity index (χ1v) is 10.2. The van der Waals surface area contributed by atoms with Crippen LogP contribution in [-0.4, -0.2) is 17.9 Å². The molecule has 8 heteroatoms. The summed E-state index contributed by atoms with van der Waals surface area (Å²) >= 11 is 6.14. The van der Waals surface area contributed by atoms with Crippen molar-refractivity contribution in [2.75, 3.05) is 5.32 Å². The summed E-state index contributed by atoms with van der Waals surface area (Å²) in [6.45, 7) is 2.09. The molecule has 0 saturated carbocycles. The number of benzene rings is 3. The van der Waals surface area contributed by atoms with Gasteiger partial charge in [-0.25, -0.2) is 9.59 Å². The van der Waals surface area contributed by atoms with Crippen LogP contribution in [0.3, 0.4) is 0 Å². The highest BCUT2D eigenvalue weighted by Gasteiger charge is 2.26. The van der Waals surface area contributed by atoms with Crippen LogP contribution in [0.1, 0.15) is 33.2 Å². The summed E-state index contributed by atoms with van der Waals surface area (Å²) in [7, 11) is 0. The van der Waals surface area contributed by atoms with E-state index >= 15 is 0 Å². The number of ether oxygens (including phenoxy) is 1. The number of nitrogens with two attached hydrogens (primary N) is 1. The molecular weight excluding hydrogens is 430 g/mol. The molecule has 0 aliphatic rings. The van der Waals surface area contributed by atoms with Gasteiger partial charge in [0.1, 0.15) is 0 Å². The summed E-state index contributed by atoms with van der Waals surface area (Å²) in [5, 5.41) is 5.73. The minimum atomic E-state index is -1.17. The van der Waals surface area contributed by atoms with Gasteiger partial charge in [-0.3, -0.25) is 4.79 Å². The molecule has 0 bridgehead atoms. The molecule has 7 nitrogen and oxygen atoms in total. The topological polar surface area (TPSA) is 111 Å². The third-order valence-corrected chi connectivity index (χ3v) is 5.07. The Morgan fingerprint density at radius 2 is 1.69 bits per heavy atom. The van der Waals surface area contributed by atoms with E-state index in [4.69, 9.17) is 22.1 Å². The number of rotatable bonds is 7. The summed E-state index contributed by atoms with van der Waals surface area (Å²) < 4.78 is 5.57. The van der Waals surface area contributed by atoms with E-state index < -0.39 is 24.0 Å². The molecule has 3 aromatic rings. The van der Waals surface area contributed by atoms with Gasteiger partial charge in [0.15, 0.2) is 0 Å². The standard InChI is InChI=1S/C24H22ClN3O4/c1-15-7-12-19(13-20(15)25)28-22(29)21(17-5-3-2-4-6-17)32-23(30)18-10-8-16(9-11-18)14-27-24(26)31/h2-13,21H,14H2,1H3,(H,28,29)(H3,26,27,31). The highest BCUT2D eigenvalue weighted by atomic mass is 35.5. The summed E-state index contributed by atoms with van der Waals surface area (Å²) in [6.07, 6.45) is -1.17. The predicted octanol–water partition coefficient (Wildman–Crippen LogP) is 4.35. The highest BCUT2D eigenvalue weighted by molar-refractivity contribution is 6.31. The molecular formula is C24H22ClN3O4. The molecule has 0 spiro atoms. The lowest BCUT2D eigenvalue weighted by molar-refractivity contribution is -0.125. The van der Waals surface area contributed by atoms with Crippen molar-refractivity contribution in [1.29, 1.82) is 0 Å². The molecule has 4 N–H and O–H groups in total. The van der Waals surface area contributed by atoms with Crippen LogP contribution in [0.15, 0.2) is 72.8 Å². The average molecular weight is 452 g/mol. The molecule has 3 rings (SSSR count). The first-order chi connectivity index (χ1) is 15.3. The molecule has 0 aliphatic heterocycles. The Hall–Kier alpha value is -3.84. The van der Waals surface area contributed by atoms with Crippen LogP contribution in [0.4, 0.5) is 10.5 Å². The van der Waals surface area contributed by atoms with Gasteiger partial charge in [-0.15, -0.1) is 0 Å². The first-order valence-electron chi connectivity index (χ1n) is 9.78. The smallest absolute Gasteiger partial charge is 0.339 e. The van der Waals surface area contributed by atoms with Crippen LogP contribution < -0.4 is 16.4 Å². The molecule has 164 valence electrons. The Kier molecular flexibility index (Phi) is 7.46. The summed E-state index contributed by atoms with van der Waals surface area (Å²) in [6, 6.07) is 19.7. The van der Waals surface area contributed by atoms with Gasteiger partial charge in [0.2, 0.25) is 6.10 Å². The average Bonchev–Trinajstić information content (AvgIpc) is 2.79. The van der Waals surface area contributed by atoms with Gasteiger partial charge in [0.05, 0.1) is 5.56 Å². The fourth-order valence-electron chi connectivity index (χ4n) is 2.90. The fourth-order valence-corrected chi connectivity index (χ4v) is 3.08. The van der Waals surface area contributed by atoms with Crippen molar-refractivity contribution in [3.8, 4) is 0 Å². The second kappa shape index (κ2) is 10.5. The maximum absolute atomic E-state index is 13.0. The SMILES string of the molecule is Cc1ccc(NC(=O)C(OC(=O)c2ccc(CNC(N)=O)cc2)c2ccccc2)cc1Cl. The molecule has 0 aliphatic carbocycles. The van der Waals surface area contributed by atoms with Crippen LogP contribution in [0, 0.1) is 6.92 Å². The number of aryl methyl sites for hydroxylation is 1. The zero-order valence-electron chi connectivity index (χ0n) is 17.3. The lowest BCUT2D eigenvalue weighted by Crippen LogP contribution is -2.28. The molecule has 0 fully saturated rings. The van der Waals surface area contributed by atoms with Gasteiger partial charge in [-0.05, 0) is 42.3 Å². The fraction of sp³-hybridized carbons (Fsp3) is 0.125. The highest BCUT2D eigenvalue weighted by Crippen LogP contribution is 2.24. The number of carbonyl (C=O) groups is 3. The number of esters is 1. The van der Waals surface area contributed by atoms with Crippen molar-refractivity contribution in [1.82, 2.24) is 5.32 Å². The van der Waals surface area contributed by atoms with E-state index in [1.54, 1.807) is 72.8 Å². The van der Waals surface area contributed by atoms with Gasteiger partial charge in [0, 0.05) is 22.8 Å². The van der Waals surface area contributed by atoms with E-state index in [0.717, 1.165) is 11.1 Å². The normalized spacial score (nSPS) is 11.3. The number of amides is 3. The maximum atomic E-state index is 13.0. The quantitative estimate of drug-likeness (QED) is 0.463. The van der Waals surface area contributed by atoms with Gasteiger partial charge in [0.25, 0.3) is 5.91 Å². The molecule has 0 saturated heterocycles. The summed E-state index contributed by atoms with van der Waals surface area (Å²) in [5.41, 5.74) is 7.98. The van der Waals surface area contributed by atoms with Gasteiger partial charge >= 0.3 is 12.0 Å². The first kappa shape index (κ1) is 22.8. The summed E-state index contributed by atoms with van der Waals surface area (Å²) in [4.78, 5) is 36.6. The third-order valence-electron chi connectivity index (χ3n) is 4.66. The van der Waals surface area contributed by atoms with Crippen LogP contribution in [0.2, 0.25) is 5.02 Å². The number of urea groups is 1. The van der Waals surface area contributed by atoms with Crippen molar-refractivity contribution in [2.45, 2.75) is 19.6 Å². The van der Waals surface area contributed by atoms with E-state index in [2.05, 4.69) is 10.6 Å². The second-order valence-corrected chi connectivity index (χ2v) is 7.47. The minimum absolute atomic E-state index is 0.235. The molecule has 1 atom stereocenters. The number of halogens is 1. The van der Waals surface area contributed by atoms with Crippen LogP contribution in [0.25, 0.3) is 0 Å². The number of carbonyl (C=O) groups excluding carboxylic acids is 3. The predicted molar refractivity (Wildman–Crippen MR) is 122 cm³/mol. The Bertz CT molecular complexity index is 1120. The molecule has 32 heavy (non-hydrogen) atoms. The van der Waals surface area contributed by atoms with E-state index in [1.807, 2.05) is 6.92 Å². The Balaban J connectivity index is 1.77. The van der Waals surface area contributed by atoms with E-state index in [1.165, 1.54) is 0 Å². The van der Waals surface area contributed by atoms with Crippen molar-refractivity contribution >= 4 is 35.2 Å². The number of nitrogens with one attached hydrogen (secondary N) is 2. The number of anilines is 1.